The summed E-state index contributed by atoms with van der Waals surface area (Å²) in [6.45, 7) is 5.73. The van der Waals surface area contributed by atoms with Gasteiger partial charge in [0.15, 0.2) is 0 Å². The smallest absolute Gasteiger partial charge is 0.243 e. The monoisotopic (exact) mass is 651 g/mol. The Kier molecular flexibility index (Phi) is 11.7. The van der Waals surface area contributed by atoms with Gasteiger partial charge in [0.25, 0.3) is 0 Å². The van der Waals surface area contributed by atoms with E-state index in [-0.39, 0.29) is 54.9 Å². The van der Waals surface area contributed by atoms with Crippen LogP contribution in [0.25, 0.3) is 0 Å². The number of nitrogens with one attached hydrogen (secondary N) is 1. The fourth-order valence-electron chi connectivity index (χ4n) is 4.48. The molecule has 1 unspecified atom stereocenters. The molecule has 3 aromatic rings. The van der Waals surface area contributed by atoms with Crippen LogP contribution in [0.5, 0.6) is 0 Å². The molecule has 7 nitrogen and oxygen atoms in total. The van der Waals surface area contributed by atoms with Crippen LogP contribution in [0.1, 0.15) is 44.7 Å². The minimum atomic E-state index is -3.74. The first-order valence-electron chi connectivity index (χ1n) is 13.5. The van der Waals surface area contributed by atoms with Crippen LogP contribution in [0, 0.1) is 0 Å². The van der Waals surface area contributed by atoms with Crippen molar-refractivity contribution in [3.63, 3.8) is 0 Å². The summed E-state index contributed by atoms with van der Waals surface area (Å²) in [6.07, 6.45) is 1.50. The van der Waals surface area contributed by atoms with Crippen molar-refractivity contribution in [1.29, 1.82) is 0 Å². The lowest BCUT2D eigenvalue weighted by molar-refractivity contribution is -0.142. The number of halogens is 3. The van der Waals surface area contributed by atoms with Gasteiger partial charge in [-0.3, -0.25) is 13.9 Å². The Labute approximate surface area is 263 Å². The number of anilines is 1. The summed E-state index contributed by atoms with van der Waals surface area (Å²) in [5, 5.41) is 4.05. The molecule has 0 aliphatic rings. The maximum atomic E-state index is 13.9. The van der Waals surface area contributed by atoms with Crippen molar-refractivity contribution in [3.05, 3.63) is 99.0 Å². The van der Waals surface area contributed by atoms with Gasteiger partial charge in [-0.2, -0.15) is 0 Å². The topological polar surface area (TPSA) is 86.8 Å². The lowest BCUT2D eigenvalue weighted by Gasteiger charge is -2.34. The van der Waals surface area contributed by atoms with Gasteiger partial charge in [0.2, 0.25) is 21.8 Å². The lowest BCUT2D eigenvalue weighted by Crippen LogP contribution is -2.54. The van der Waals surface area contributed by atoms with Gasteiger partial charge in [0.05, 0.1) is 17.0 Å². The van der Waals surface area contributed by atoms with Crippen LogP contribution in [0.3, 0.4) is 0 Å². The molecule has 0 saturated heterocycles. The van der Waals surface area contributed by atoms with Crippen LogP contribution in [0.15, 0.2) is 72.8 Å². The number of rotatable bonds is 12. The summed E-state index contributed by atoms with van der Waals surface area (Å²) >= 11 is 18.9. The fourth-order valence-corrected chi connectivity index (χ4v) is 6.08. The van der Waals surface area contributed by atoms with Crippen LogP contribution in [0.2, 0.25) is 15.1 Å². The van der Waals surface area contributed by atoms with Crippen molar-refractivity contribution in [2.24, 2.45) is 0 Å². The Balaban J connectivity index is 1.93. The normalized spacial score (nSPS) is 12.5. The molecule has 0 heterocycles. The van der Waals surface area contributed by atoms with E-state index in [2.05, 4.69) is 5.32 Å². The zero-order valence-corrected chi connectivity index (χ0v) is 27.2. The summed E-state index contributed by atoms with van der Waals surface area (Å²) in [6, 6.07) is 20.4. The molecule has 3 aromatic carbocycles. The SMILES string of the molecule is CC(C)(C)NC(=O)C(Cc1ccccc1)N(Cc1ccccc1Cl)C(=O)CCCN(c1cc(Cl)ccc1Cl)S(C)(=O)=O. The summed E-state index contributed by atoms with van der Waals surface area (Å²) in [7, 11) is -3.74. The first kappa shape index (κ1) is 33.7. The fraction of sp³-hybridized carbons (Fsp3) is 0.355. The van der Waals surface area contributed by atoms with Gasteiger partial charge in [0.1, 0.15) is 6.04 Å². The number of hydrogen-bond acceptors (Lipinski definition) is 4. The van der Waals surface area contributed by atoms with Crippen LogP contribution in [-0.4, -0.2) is 49.5 Å². The Hall–Kier alpha value is -2.78. The molecule has 2 amide bonds. The number of amides is 2. The number of carbonyl (C=O) groups excluding carboxylic acids is 2. The van der Waals surface area contributed by atoms with Gasteiger partial charge in [0, 0.05) is 41.5 Å². The van der Waals surface area contributed by atoms with E-state index >= 15 is 0 Å². The van der Waals surface area contributed by atoms with Crippen molar-refractivity contribution in [3.8, 4) is 0 Å². The molecule has 0 bridgehead atoms. The highest BCUT2D eigenvalue weighted by molar-refractivity contribution is 7.92. The zero-order chi connectivity index (χ0) is 31.1. The van der Waals surface area contributed by atoms with Crippen LogP contribution < -0.4 is 9.62 Å². The molecule has 0 fully saturated rings. The second-order valence-electron chi connectivity index (χ2n) is 11.1. The maximum Gasteiger partial charge on any atom is 0.243 e. The van der Waals surface area contributed by atoms with Crippen LogP contribution in [0.4, 0.5) is 5.69 Å². The van der Waals surface area contributed by atoms with E-state index in [4.69, 9.17) is 34.8 Å². The van der Waals surface area contributed by atoms with Crippen LogP contribution in [-0.2, 0) is 32.6 Å². The van der Waals surface area contributed by atoms with Crippen LogP contribution >= 0.6 is 34.8 Å². The zero-order valence-electron chi connectivity index (χ0n) is 24.1. The predicted octanol–water partition coefficient (Wildman–Crippen LogP) is 6.75. The molecule has 1 N–H and O–H groups in total. The van der Waals surface area contributed by atoms with Crippen molar-refractivity contribution < 1.29 is 18.0 Å². The number of sulfonamides is 1. The van der Waals surface area contributed by atoms with E-state index in [1.807, 2.05) is 63.2 Å². The molecule has 0 radical (unpaired) electrons. The highest BCUT2D eigenvalue weighted by Crippen LogP contribution is 2.31. The number of carbonyl (C=O) groups is 2. The first-order chi connectivity index (χ1) is 19.7. The molecule has 0 spiro atoms. The second-order valence-corrected chi connectivity index (χ2v) is 14.2. The Morgan fingerprint density at radius 1 is 0.905 bits per heavy atom. The first-order valence-corrected chi connectivity index (χ1v) is 16.5. The molecule has 0 aliphatic carbocycles. The third kappa shape index (κ3) is 9.90. The lowest BCUT2D eigenvalue weighted by atomic mass is 10.00. The summed E-state index contributed by atoms with van der Waals surface area (Å²) < 4.78 is 26.5. The summed E-state index contributed by atoms with van der Waals surface area (Å²) in [4.78, 5) is 29.2. The van der Waals surface area contributed by atoms with Crippen molar-refractivity contribution >= 4 is 62.3 Å². The highest BCUT2D eigenvalue weighted by Gasteiger charge is 2.32. The third-order valence-electron chi connectivity index (χ3n) is 6.40. The molecule has 0 saturated carbocycles. The van der Waals surface area contributed by atoms with Crippen molar-refractivity contribution in [2.75, 3.05) is 17.1 Å². The molecule has 226 valence electrons. The summed E-state index contributed by atoms with van der Waals surface area (Å²) in [5.41, 5.74) is 1.29. The molecule has 0 aromatic heterocycles. The number of hydrogen-bond donors (Lipinski definition) is 1. The maximum absolute atomic E-state index is 13.9. The number of benzene rings is 3. The Morgan fingerprint density at radius 3 is 2.17 bits per heavy atom. The molecular weight excluding hydrogens is 617 g/mol. The second kappa shape index (κ2) is 14.6. The minimum absolute atomic E-state index is 0.0118. The average Bonchev–Trinajstić information content (AvgIpc) is 2.90. The molecule has 0 aliphatic heterocycles. The molecule has 11 heteroatoms. The van der Waals surface area contributed by atoms with E-state index in [1.54, 1.807) is 18.2 Å². The van der Waals surface area contributed by atoms with Crippen molar-refractivity contribution in [2.45, 2.75) is 58.2 Å². The van der Waals surface area contributed by atoms with Gasteiger partial charge in [-0.05, 0) is 62.6 Å². The minimum Gasteiger partial charge on any atom is -0.350 e. The van der Waals surface area contributed by atoms with E-state index in [0.717, 1.165) is 16.1 Å². The highest BCUT2D eigenvalue weighted by atomic mass is 35.5. The van der Waals surface area contributed by atoms with E-state index in [9.17, 15) is 18.0 Å². The third-order valence-corrected chi connectivity index (χ3v) is 8.50. The molecule has 3 rings (SSSR count). The molecular formula is C31H36Cl3N3O4S. The van der Waals surface area contributed by atoms with Gasteiger partial charge >= 0.3 is 0 Å². The predicted molar refractivity (Wildman–Crippen MR) is 172 cm³/mol. The van der Waals surface area contributed by atoms with Gasteiger partial charge in [-0.1, -0.05) is 83.3 Å². The van der Waals surface area contributed by atoms with Gasteiger partial charge < -0.3 is 10.2 Å². The Morgan fingerprint density at radius 2 is 1.55 bits per heavy atom. The largest absolute Gasteiger partial charge is 0.350 e. The van der Waals surface area contributed by atoms with E-state index in [0.29, 0.717) is 15.6 Å². The quantitative estimate of drug-likeness (QED) is 0.235. The van der Waals surface area contributed by atoms with E-state index < -0.39 is 21.6 Å². The Bertz CT molecular complexity index is 1490. The van der Waals surface area contributed by atoms with E-state index in [1.165, 1.54) is 17.0 Å². The molecule has 1 atom stereocenters. The molecule has 42 heavy (non-hydrogen) atoms. The summed E-state index contributed by atoms with van der Waals surface area (Å²) in [5.74, 6) is -0.610. The standard InChI is InChI=1S/C31H36Cl3N3O4S/c1-31(2,3)35-30(39)28(19-22-11-6-5-7-12-22)36(21-23-13-8-9-14-25(23)33)29(38)15-10-18-37(42(4,40)41)27-20-24(32)16-17-26(27)34/h5-9,11-14,16-17,20,28H,10,15,18-19,21H2,1-4H3,(H,35,39). The van der Waals surface area contributed by atoms with Gasteiger partial charge in [-0.15, -0.1) is 0 Å². The van der Waals surface area contributed by atoms with Crippen molar-refractivity contribution in [1.82, 2.24) is 10.2 Å². The van der Waals surface area contributed by atoms with Gasteiger partial charge in [-0.25, -0.2) is 8.42 Å². The number of nitrogens with zero attached hydrogens (tertiary/aromatic N) is 2. The average molecular weight is 653 g/mol.